The second kappa shape index (κ2) is 5.56. The van der Waals surface area contributed by atoms with E-state index in [1.54, 1.807) is 6.92 Å². The number of ether oxygens (including phenoxy) is 1. The third-order valence-electron chi connectivity index (χ3n) is 0.801. The Morgan fingerprint density at radius 3 is 2.78 bits per heavy atom. The number of nitrogens with two attached hydrogens (primary N) is 1. The van der Waals surface area contributed by atoms with Crippen LogP contribution in [0.2, 0.25) is 0 Å². The van der Waals surface area contributed by atoms with Gasteiger partial charge >= 0.3 is 0 Å². The molecule has 0 aromatic carbocycles. The van der Waals surface area contributed by atoms with Gasteiger partial charge in [-0.25, -0.2) is 0 Å². The molecule has 0 aromatic rings. The molecule has 0 saturated carbocycles. The molecule has 0 aliphatic carbocycles. The monoisotopic (exact) mass is 130 g/mol. The van der Waals surface area contributed by atoms with Crippen molar-refractivity contribution in [2.75, 3.05) is 19.8 Å². The van der Waals surface area contributed by atoms with Crippen molar-refractivity contribution >= 4 is 5.84 Å². The first kappa shape index (κ1) is 8.43. The van der Waals surface area contributed by atoms with Gasteiger partial charge in [0, 0.05) is 6.61 Å². The molecule has 9 heavy (non-hydrogen) atoms. The zero-order valence-corrected chi connectivity index (χ0v) is 6.05. The summed E-state index contributed by atoms with van der Waals surface area (Å²) in [4.78, 5) is 3.93. The molecule has 0 rings (SSSR count). The lowest BCUT2D eigenvalue weighted by Gasteiger charge is -1.95. The number of amidine groups is 1. The van der Waals surface area contributed by atoms with E-state index in [2.05, 4.69) is 4.99 Å². The van der Waals surface area contributed by atoms with Crippen LogP contribution < -0.4 is 5.73 Å². The van der Waals surface area contributed by atoms with Crippen molar-refractivity contribution in [3.63, 3.8) is 0 Å². The minimum atomic E-state index is 0.620. The Kier molecular flexibility index (Phi) is 5.21. The maximum atomic E-state index is 5.27. The summed E-state index contributed by atoms with van der Waals surface area (Å²) in [5, 5.41) is 0. The average molecular weight is 130 g/mol. The molecule has 0 radical (unpaired) electrons. The SMILES string of the molecule is CCOCCN=C(C)N. The molecule has 0 aliphatic rings. The molecule has 0 heterocycles. The van der Waals surface area contributed by atoms with E-state index in [0.29, 0.717) is 19.0 Å². The van der Waals surface area contributed by atoms with E-state index >= 15 is 0 Å². The molecule has 3 heteroatoms. The smallest absolute Gasteiger partial charge is 0.0906 e. The summed E-state index contributed by atoms with van der Waals surface area (Å²) in [6.45, 7) is 5.82. The van der Waals surface area contributed by atoms with Gasteiger partial charge in [0.05, 0.1) is 19.0 Å². The van der Waals surface area contributed by atoms with Gasteiger partial charge in [0.15, 0.2) is 0 Å². The lowest BCUT2D eigenvalue weighted by molar-refractivity contribution is 0.156. The van der Waals surface area contributed by atoms with E-state index in [0.717, 1.165) is 6.61 Å². The minimum absolute atomic E-state index is 0.620. The maximum Gasteiger partial charge on any atom is 0.0906 e. The van der Waals surface area contributed by atoms with Crippen LogP contribution in [0.1, 0.15) is 13.8 Å². The molecule has 0 atom stereocenters. The quantitative estimate of drug-likeness (QED) is 0.340. The Morgan fingerprint density at radius 1 is 1.67 bits per heavy atom. The van der Waals surface area contributed by atoms with Crippen molar-refractivity contribution in [3.05, 3.63) is 0 Å². The lowest BCUT2D eigenvalue weighted by atomic mass is 10.6. The van der Waals surface area contributed by atoms with Crippen LogP contribution in [-0.2, 0) is 4.74 Å². The molecule has 3 nitrogen and oxygen atoms in total. The van der Waals surface area contributed by atoms with Crippen molar-refractivity contribution in [2.24, 2.45) is 10.7 Å². The summed E-state index contributed by atoms with van der Waals surface area (Å²) in [7, 11) is 0. The van der Waals surface area contributed by atoms with Crippen molar-refractivity contribution in [1.82, 2.24) is 0 Å². The molecule has 0 spiro atoms. The molecular weight excluding hydrogens is 116 g/mol. The number of rotatable bonds is 4. The molecule has 0 bridgehead atoms. The zero-order valence-electron chi connectivity index (χ0n) is 6.05. The molecule has 0 unspecified atom stereocenters. The van der Waals surface area contributed by atoms with Crippen LogP contribution in [0, 0.1) is 0 Å². The van der Waals surface area contributed by atoms with Crippen LogP contribution in [0.15, 0.2) is 4.99 Å². The summed E-state index contributed by atoms with van der Waals surface area (Å²) in [5.74, 6) is 0.620. The number of nitrogens with zero attached hydrogens (tertiary/aromatic N) is 1. The van der Waals surface area contributed by atoms with Gasteiger partial charge in [-0.3, -0.25) is 4.99 Å². The highest BCUT2D eigenvalue weighted by atomic mass is 16.5. The molecule has 54 valence electrons. The van der Waals surface area contributed by atoms with Crippen LogP contribution >= 0.6 is 0 Å². The summed E-state index contributed by atoms with van der Waals surface area (Å²) in [5.41, 5.74) is 5.27. The van der Waals surface area contributed by atoms with Crippen LogP contribution in [0.4, 0.5) is 0 Å². The predicted molar refractivity (Wildman–Crippen MR) is 38.7 cm³/mol. The van der Waals surface area contributed by atoms with Crippen molar-refractivity contribution in [1.29, 1.82) is 0 Å². The fourth-order valence-electron chi connectivity index (χ4n) is 0.431. The van der Waals surface area contributed by atoms with Crippen LogP contribution in [0.5, 0.6) is 0 Å². The van der Waals surface area contributed by atoms with Gasteiger partial charge in [-0.2, -0.15) is 0 Å². The van der Waals surface area contributed by atoms with E-state index in [1.807, 2.05) is 6.92 Å². The Labute approximate surface area is 55.9 Å². The molecule has 0 saturated heterocycles. The Hall–Kier alpha value is -0.570. The van der Waals surface area contributed by atoms with Gasteiger partial charge in [0.1, 0.15) is 0 Å². The molecular formula is C6H14N2O. The van der Waals surface area contributed by atoms with Gasteiger partial charge in [-0.05, 0) is 13.8 Å². The number of hydrogen-bond donors (Lipinski definition) is 1. The first-order valence-electron chi connectivity index (χ1n) is 3.11. The van der Waals surface area contributed by atoms with Gasteiger partial charge in [-0.1, -0.05) is 0 Å². The summed E-state index contributed by atoms with van der Waals surface area (Å²) >= 11 is 0. The zero-order chi connectivity index (χ0) is 7.11. The Morgan fingerprint density at radius 2 is 2.33 bits per heavy atom. The number of aliphatic imine (C=N–C) groups is 1. The second-order valence-electron chi connectivity index (χ2n) is 1.72. The predicted octanol–water partition coefficient (Wildman–Crippen LogP) is 0.400. The largest absolute Gasteiger partial charge is 0.388 e. The lowest BCUT2D eigenvalue weighted by Crippen LogP contribution is -2.08. The van der Waals surface area contributed by atoms with Crippen LogP contribution in [-0.4, -0.2) is 25.6 Å². The van der Waals surface area contributed by atoms with Crippen molar-refractivity contribution in [2.45, 2.75) is 13.8 Å². The minimum Gasteiger partial charge on any atom is -0.388 e. The summed E-state index contributed by atoms with van der Waals surface area (Å²) in [6.07, 6.45) is 0. The van der Waals surface area contributed by atoms with Crippen LogP contribution in [0.25, 0.3) is 0 Å². The van der Waals surface area contributed by atoms with E-state index in [4.69, 9.17) is 10.5 Å². The maximum absolute atomic E-state index is 5.27. The second-order valence-corrected chi connectivity index (χ2v) is 1.72. The summed E-state index contributed by atoms with van der Waals surface area (Å²) in [6, 6.07) is 0. The standard InChI is InChI=1S/C6H14N2O/c1-3-9-5-4-8-6(2)7/h3-5H2,1-2H3,(H2,7,8). The van der Waals surface area contributed by atoms with E-state index < -0.39 is 0 Å². The van der Waals surface area contributed by atoms with Gasteiger partial charge < -0.3 is 10.5 Å². The molecule has 2 N–H and O–H groups in total. The normalized spacial score (nSPS) is 12.0. The molecule has 0 aromatic heterocycles. The van der Waals surface area contributed by atoms with Crippen LogP contribution in [0.3, 0.4) is 0 Å². The molecule has 0 aliphatic heterocycles. The van der Waals surface area contributed by atoms with Crippen molar-refractivity contribution in [3.8, 4) is 0 Å². The highest BCUT2D eigenvalue weighted by molar-refractivity contribution is 5.77. The summed E-state index contributed by atoms with van der Waals surface area (Å²) < 4.78 is 5.02. The third kappa shape index (κ3) is 7.43. The fourth-order valence-corrected chi connectivity index (χ4v) is 0.431. The van der Waals surface area contributed by atoms with E-state index in [-0.39, 0.29) is 0 Å². The van der Waals surface area contributed by atoms with Crippen molar-refractivity contribution < 1.29 is 4.74 Å². The van der Waals surface area contributed by atoms with E-state index in [9.17, 15) is 0 Å². The average Bonchev–Trinajstić information content (AvgIpc) is 1.80. The highest BCUT2D eigenvalue weighted by Crippen LogP contribution is 1.74. The van der Waals surface area contributed by atoms with Gasteiger partial charge in [0.25, 0.3) is 0 Å². The topological polar surface area (TPSA) is 47.6 Å². The van der Waals surface area contributed by atoms with Gasteiger partial charge in [-0.15, -0.1) is 0 Å². The highest BCUT2D eigenvalue weighted by Gasteiger charge is 1.81. The third-order valence-corrected chi connectivity index (χ3v) is 0.801. The van der Waals surface area contributed by atoms with Gasteiger partial charge in [0.2, 0.25) is 0 Å². The molecule has 0 amide bonds. The first-order chi connectivity index (χ1) is 4.27. The molecule has 0 fully saturated rings. The first-order valence-corrected chi connectivity index (χ1v) is 3.11. The van der Waals surface area contributed by atoms with E-state index in [1.165, 1.54) is 0 Å². The Bertz CT molecular complexity index is 87.1. The number of hydrogen-bond acceptors (Lipinski definition) is 2. The Balaban J connectivity index is 3.00. The fraction of sp³-hybridized carbons (Fsp3) is 0.833.